The second kappa shape index (κ2) is 5.36. The van der Waals surface area contributed by atoms with Crippen LogP contribution < -0.4 is 5.32 Å². The molecule has 1 heterocycles. The highest BCUT2D eigenvalue weighted by atomic mass is 16.5. The molecule has 0 aromatic rings. The highest BCUT2D eigenvalue weighted by Crippen LogP contribution is 2.30. The third-order valence-electron chi connectivity index (χ3n) is 3.82. The fraction of sp³-hybridized carbons (Fsp3) is 0.923. The molecule has 2 aliphatic rings. The van der Waals surface area contributed by atoms with E-state index in [1.165, 1.54) is 26.5 Å². The predicted molar refractivity (Wildman–Crippen MR) is 66.8 cm³/mol. The SMILES string of the molecule is COC(=O)C(NC1CCN(C2CC2)C1)C(C)C. The Bertz CT molecular complexity index is 277. The summed E-state index contributed by atoms with van der Waals surface area (Å²) in [5.74, 6) is 0.141. The Kier molecular flexibility index (Phi) is 4.05. The van der Waals surface area contributed by atoms with Gasteiger partial charge in [-0.25, -0.2) is 0 Å². The van der Waals surface area contributed by atoms with Crippen molar-refractivity contribution in [3.63, 3.8) is 0 Å². The van der Waals surface area contributed by atoms with Crippen LogP contribution in [0.1, 0.15) is 33.1 Å². The Morgan fingerprint density at radius 3 is 2.59 bits per heavy atom. The van der Waals surface area contributed by atoms with Crippen molar-refractivity contribution in [3.8, 4) is 0 Å². The molecule has 2 atom stereocenters. The van der Waals surface area contributed by atoms with Crippen LogP contribution in [-0.2, 0) is 9.53 Å². The summed E-state index contributed by atoms with van der Waals surface area (Å²) in [5.41, 5.74) is 0. The summed E-state index contributed by atoms with van der Waals surface area (Å²) in [6.45, 7) is 6.38. The summed E-state index contributed by atoms with van der Waals surface area (Å²) >= 11 is 0. The van der Waals surface area contributed by atoms with Gasteiger partial charge in [-0.05, 0) is 25.2 Å². The molecule has 0 spiro atoms. The molecule has 4 heteroatoms. The molecule has 17 heavy (non-hydrogen) atoms. The molecule has 0 radical (unpaired) electrons. The van der Waals surface area contributed by atoms with E-state index in [1.807, 2.05) is 0 Å². The summed E-state index contributed by atoms with van der Waals surface area (Å²) in [5, 5.41) is 3.46. The van der Waals surface area contributed by atoms with Crippen LogP contribution in [0.4, 0.5) is 0 Å². The maximum Gasteiger partial charge on any atom is 0.323 e. The fourth-order valence-electron chi connectivity index (χ4n) is 2.61. The van der Waals surface area contributed by atoms with Crippen molar-refractivity contribution in [2.75, 3.05) is 20.2 Å². The molecule has 0 bridgehead atoms. The summed E-state index contributed by atoms with van der Waals surface area (Å²) in [7, 11) is 1.46. The lowest BCUT2D eigenvalue weighted by molar-refractivity contribution is -0.144. The van der Waals surface area contributed by atoms with Gasteiger partial charge in [0.1, 0.15) is 6.04 Å². The van der Waals surface area contributed by atoms with Crippen LogP contribution >= 0.6 is 0 Å². The van der Waals surface area contributed by atoms with Gasteiger partial charge in [-0.3, -0.25) is 9.69 Å². The number of hydrogen-bond donors (Lipinski definition) is 1. The van der Waals surface area contributed by atoms with Gasteiger partial charge in [0.2, 0.25) is 0 Å². The van der Waals surface area contributed by atoms with E-state index in [2.05, 4.69) is 24.1 Å². The Morgan fingerprint density at radius 1 is 1.35 bits per heavy atom. The molecule has 1 aliphatic heterocycles. The summed E-state index contributed by atoms with van der Waals surface area (Å²) in [6.07, 6.45) is 3.87. The number of methoxy groups -OCH3 is 1. The quantitative estimate of drug-likeness (QED) is 0.728. The van der Waals surface area contributed by atoms with E-state index in [0.29, 0.717) is 6.04 Å². The predicted octanol–water partition coefficient (Wildman–Crippen LogP) is 1.01. The van der Waals surface area contributed by atoms with Crippen LogP contribution in [0.3, 0.4) is 0 Å². The smallest absolute Gasteiger partial charge is 0.323 e. The van der Waals surface area contributed by atoms with Crippen LogP contribution in [0.5, 0.6) is 0 Å². The van der Waals surface area contributed by atoms with Crippen molar-refractivity contribution >= 4 is 5.97 Å². The zero-order valence-corrected chi connectivity index (χ0v) is 11.1. The highest BCUT2D eigenvalue weighted by Gasteiger charge is 2.36. The van der Waals surface area contributed by atoms with Crippen molar-refractivity contribution in [2.45, 2.75) is 51.2 Å². The molecule has 2 rings (SSSR count). The van der Waals surface area contributed by atoms with E-state index < -0.39 is 0 Å². The van der Waals surface area contributed by atoms with E-state index >= 15 is 0 Å². The van der Waals surface area contributed by atoms with Gasteiger partial charge < -0.3 is 10.1 Å². The van der Waals surface area contributed by atoms with Gasteiger partial charge in [-0.15, -0.1) is 0 Å². The molecule has 4 nitrogen and oxygen atoms in total. The van der Waals surface area contributed by atoms with Crippen LogP contribution in [0, 0.1) is 5.92 Å². The average Bonchev–Trinajstić information content (AvgIpc) is 3.05. The zero-order chi connectivity index (χ0) is 12.4. The minimum absolute atomic E-state index is 0.134. The van der Waals surface area contributed by atoms with E-state index in [9.17, 15) is 4.79 Å². The van der Waals surface area contributed by atoms with Gasteiger partial charge in [0.15, 0.2) is 0 Å². The zero-order valence-electron chi connectivity index (χ0n) is 11.1. The maximum absolute atomic E-state index is 11.7. The molecular weight excluding hydrogens is 216 g/mol. The maximum atomic E-state index is 11.7. The van der Waals surface area contributed by atoms with Gasteiger partial charge in [-0.1, -0.05) is 13.8 Å². The average molecular weight is 240 g/mol. The topological polar surface area (TPSA) is 41.6 Å². The first-order valence-corrected chi connectivity index (χ1v) is 6.69. The number of esters is 1. The molecule has 0 amide bonds. The van der Waals surface area contributed by atoms with Crippen molar-refractivity contribution < 1.29 is 9.53 Å². The molecule has 0 aromatic heterocycles. The highest BCUT2D eigenvalue weighted by molar-refractivity contribution is 5.76. The summed E-state index contributed by atoms with van der Waals surface area (Å²) in [6, 6.07) is 1.11. The summed E-state index contributed by atoms with van der Waals surface area (Å²) < 4.78 is 4.86. The number of carbonyl (C=O) groups is 1. The fourth-order valence-corrected chi connectivity index (χ4v) is 2.61. The summed E-state index contributed by atoms with van der Waals surface area (Å²) in [4.78, 5) is 14.2. The Morgan fingerprint density at radius 2 is 2.06 bits per heavy atom. The molecule has 98 valence electrons. The van der Waals surface area contributed by atoms with Gasteiger partial charge in [0, 0.05) is 25.2 Å². The number of likely N-dealkylation sites (tertiary alicyclic amines) is 1. The third-order valence-corrected chi connectivity index (χ3v) is 3.82. The Balaban J connectivity index is 1.83. The molecular formula is C13H24N2O2. The minimum atomic E-state index is -0.163. The van der Waals surface area contributed by atoms with Gasteiger partial charge in [0.25, 0.3) is 0 Å². The van der Waals surface area contributed by atoms with Crippen LogP contribution in [0.25, 0.3) is 0 Å². The second-order valence-corrected chi connectivity index (χ2v) is 5.62. The standard InChI is InChI=1S/C13H24N2O2/c1-9(2)12(13(16)17-3)14-10-6-7-15(8-10)11-4-5-11/h9-12,14H,4-8H2,1-3H3. The van der Waals surface area contributed by atoms with E-state index in [-0.39, 0.29) is 17.9 Å². The largest absolute Gasteiger partial charge is 0.468 e. The Labute approximate surface area is 104 Å². The number of nitrogens with zero attached hydrogens (tertiary/aromatic N) is 1. The van der Waals surface area contributed by atoms with Crippen LogP contribution in [0.15, 0.2) is 0 Å². The minimum Gasteiger partial charge on any atom is -0.468 e. The van der Waals surface area contributed by atoms with Crippen molar-refractivity contribution in [3.05, 3.63) is 0 Å². The van der Waals surface area contributed by atoms with E-state index in [1.54, 1.807) is 0 Å². The van der Waals surface area contributed by atoms with Crippen molar-refractivity contribution in [1.29, 1.82) is 0 Å². The number of ether oxygens (including phenoxy) is 1. The Hall–Kier alpha value is -0.610. The molecule has 1 N–H and O–H groups in total. The van der Waals surface area contributed by atoms with Crippen LogP contribution in [0.2, 0.25) is 0 Å². The molecule has 1 saturated carbocycles. The second-order valence-electron chi connectivity index (χ2n) is 5.62. The number of rotatable bonds is 5. The first-order valence-electron chi connectivity index (χ1n) is 6.69. The van der Waals surface area contributed by atoms with Crippen LogP contribution in [-0.4, -0.2) is 49.2 Å². The van der Waals surface area contributed by atoms with Gasteiger partial charge in [0.05, 0.1) is 7.11 Å². The lowest BCUT2D eigenvalue weighted by Crippen LogP contribution is -2.48. The van der Waals surface area contributed by atoms with Crippen molar-refractivity contribution in [1.82, 2.24) is 10.2 Å². The molecule has 1 aliphatic carbocycles. The molecule has 2 fully saturated rings. The van der Waals surface area contributed by atoms with Gasteiger partial charge >= 0.3 is 5.97 Å². The normalized spacial score (nSPS) is 27.4. The monoisotopic (exact) mass is 240 g/mol. The first-order chi connectivity index (χ1) is 8.11. The van der Waals surface area contributed by atoms with Gasteiger partial charge in [-0.2, -0.15) is 0 Å². The number of carbonyl (C=O) groups excluding carboxylic acids is 1. The first kappa shape index (κ1) is 12.8. The lowest BCUT2D eigenvalue weighted by atomic mass is 10.0. The third kappa shape index (κ3) is 3.19. The van der Waals surface area contributed by atoms with E-state index in [0.717, 1.165) is 19.0 Å². The molecule has 2 unspecified atom stereocenters. The molecule has 0 aromatic carbocycles. The van der Waals surface area contributed by atoms with E-state index in [4.69, 9.17) is 4.74 Å². The van der Waals surface area contributed by atoms with Crippen molar-refractivity contribution in [2.24, 2.45) is 5.92 Å². The number of hydrogen-bond acceptors (Lipinski definition) is 4. The molecule has 1 saturated heterocycles. The lowest BCUT2D eigenvalue weighted by Gasteiger charge is -2.24. The number of nitrogens with one attached hydrogen (secondary N) is 1.